The van der Waals surface area contributed by atoms with Gasteiger partial charge in [-0.15, -0.1) is 0 Å². The van der Waals surface area contributed by atoms with E-state index in [1.807, 2.05) is 18.3 Å². The van der Waals surface area contributed by atoms with Crippen LogP contribution >= 0.6 is 12.2 Å². The van der Waals surface area contributed by atoms with Gasteiger partial charge >= 0.3 is 0 Å². The normalized spacial score (nSPS) is 19.3. The highest BCUT2D eigenvalue weighted by atomic mass is 32.1. The van der Waals surface area contributed by atoms with Crippen molar-refractivity contribution in [1.82, 2.24) is 14.9 Å². The van der Waals surface area contributed by atoms with Crippen LogP contribution < -0.4 is 15.1 Å². The summed E-state index contributed by atoms with van der Waals surface area (Å²) < 4.78 is 7.96. The van der Waals surface area contributed by atoms with Gasteiger partial charge in [0.15, 0.2) is 5.11 Å². The van der Waals surface area contributed by atoms with Crippen molar-refractivity contribution in [3.05, 3.63) is 106 Å². The Balaban J connectivity index is 1.46. The molecular weight excluding hydrogens is 514 g/mol. The standard InChI is InChI=1S/C33H37N5OS/c1-21-18-22(2)31(23(3)19-21)37-24(4)20-28(25(37)5)32-30(29-8-6-7-13-34-29)35-33(40)38(32)27-11-9-26(10-12-27)36-14-16-39-17-15-36/h6-13,18-20,30,32H,14-17H2,1-5H3,(H,35,40)/t30-,32+/m0/s1. The Bertz CT molecular complexity index is 1520. The highest BCUT2D eigenvalue weighted by Crippen LogP contribution is 2.44. The van der Waals surface area contributed by atoms with Crippen LogP contribution in [-0.4, -0.2) is 41.0 Å². The van der Waals surface area contributed by atoms with Gasteiger partial charge in [-0.05, 0) is 106 Å². The molecule has 0 saturated carbocycles. The van der Waals surface area contributed by atoms with E-state index in [1.165, 1.54) is 45.0 Å². The van der Waals surface area contributed by atoms with Crippen molar-refractivity contribution in [2.45, 2.75) is 46.7 Å². The van der Waals surface area contributed by atoms with E-state index in [1.54, 1.807) is 0 Å². The minimum absolute atomic E-state index is 0.0531. The molecule has 6 nitrogen and oxygen atoms in total. The van der Waals surface area contributed by atoms with Gasteiger partial charge in [0.1, 0.15) is 0 Å². The third-order valence-electron chi connectivity index (χ3n) is 8.25. The number of hydrogen-bond acceptors (Lipinski definition) is 4. The van der Waals surface area contributed by atoms with Crippen LogP contribution in [0.15, 0.2) is 66.9 Å². The Kier molecular flexibility index (Phi) is 7.11. The van der Waals surface area contributed by atoms with Gasteiger partial charge in [-0.3, -0.25) is 4.98 Å². The average Bonchev–Trinajstić information content (AvgIpc) is 3.44. The van der Waals surface area contributed by atoms with Crippen LogP contribution in [0, 0.1) is 34.6 Å². The molecule has 2 aromatic heterocycles. The molecule has 7 heteroatoms. The molecule has 0 radical (unpaired) electrons. The number of benzene rings is 2. The number of nitrogens with zero attached hydrogens (tertiary/aromatic N) is 4. The van der Waals surface area contributed by atoms with Gasteiger partial charge in [-0.2, -0.15) is 0 Å². The Morgan fingerprint density at radius 1 is 0.875 bits per heavy atom. The van der Waals surface area contributed by atoms with Gasteiger partial charge in [-0.25, -0.2) is 0 Å². The third kappa shape index (κ3) is 4.67. The van der Waals surface area contributed by atoms with Crippen LogP contribution in [0.1, 0.15) is 51.4 Å². The summed E-state index contributed by atoms with van der Waals surface area (Å²) >= 11 is 6.02. The molecule has 4 aromatic rings. The molecule has 1 N–H and O–H groups in total. The molecule has 0 spiro atoms. The smallest absolute Gasteiger partial charge is 0.174 e. The Morgan fingerprint density at radius 2 is 1.55 bits per heavy atom. The van der Waals surface area contributed by atoms with E-state index in [0.717, 1.165) is 37.7 Å². The number of hydrogen-bond donors (Lipinski definition) is 1. The van der Waals surface area contributed by atoms with Crippen LogP contribution in [0.25, 0.3) is 5.69 Å². The number of morpholine rings is 1. The molecule has 0 amide bonds. The summed E-state index contributed by atoms with van der Waals surface area (Å²) in [6, 6.07) is 21.6. The summed E-state index contributed by atoms with van der Waals surface area (Å²) in [5.74, 6) is 0. The second kappa shape index (κ2) is 10.7. The van der Waals surface area contributed by atoms with E-state index < -0.39 is 0 Å². The largest absolute Gasteiger partial charge is 0.378 e. The molecule has 0 unspecified atom stereocenters. The molecule has 2 saturated heterocycles. The van der Waals surface area contributed by atoms with E-state index in [0.29, 0.717) is 5.11 Å². The maximum atomic E-state index is 6.02. The first-order valence-corrected chi connectivity index (χ1v) is 14.4. The van der Waals surface area contributed by atoms with Crippen molar-refractivity contribution in [3.8, 4) is 5.69 Å². The lowest BCUT2D eigenvalue weighted by Crippen LogP contribution is -2.36. The lowest BCUT2D eigenvalue weighted by atomic mass is 9.96. The van der Waals surface area contributed by atoms with Gasteiger partial charge in [0.2, 0.25) is 0 Å². The molecule has 40 heavy (non-hydrogen) atoms. The maximum absolute atomic E-state index is 6.02. The van der Waals surface area contributed by atoms with E-state index in [4.69, 9.17) is 21.9 Å². The molecule has 2 aliphatic heterocycles. The minimum Gasteiger partial charge on any atom is -0.378 e. The molecule has 0 aliphatic carbocycles. The Morgan fingerprint density at radius 3 is 2.20 bits per heavy atom. The quantitative estimate of drug-likeness (QED) is 0.289. The molecule has 206 valence electrons. The fourth-order valence-corrected chi connectivity index (χ4v) is 6.90. The summed E-state index contributed by atoms with van der Waals surface area (Å²) in [6.07, 6.45) is 1.86. The van der Waals surface area contributed by atoms with Crippen LogP contribution in [-0.2, 0) is 4.74 Å². The zero-order chi connectivity index (χ0) is 28.0. The van der Waals surface area contributed by atoms with E-state index in [2.05, 4.69) is 103 Å². The predicted molar refractivity (Wildman–Crippen MR) is 167 cm³/mol. The molecule has 2 atom stereocenters. The summed E-state index contributed by atoms with van der Waals surface area (Å²) in [6.45, 7) is 14.4. The molecule has 2 fully saturated rings. The fourth-order valence-electron chi connectivity index (χ4n) is 6.55. The summed E-state index contributed by atoms with van der Waals surface area (Å²) in [5.41, 5.74) is 12.1. The van der Waals surface area contributed by atoms with Gasteiger partial charge < -0.3 is 24.4 Å². The number of nitrogens with one attached hydrogen (secondary N) is 1. The number of aromatic nitrogens is 2. The highest BCUT2D eigenvalue weighted by Gasteiger charge is 2.42. The Hall–Kier alpha value is -3.68. The van der Waals surface area contributed by atoms with Gasteiger partial charge in [-0.1, -0.05) is 23.8 Å². The van der Waals surface area contributed by atoms with E-state index in [9.17, 15) is 0 Å². The second-order valence-corrected chi connectivity index (χ2v) is 11.4. The topological polar surface area (TPSA) is 45.6 Å². The van der Waals surface area contributed by atoms with E-state index >= 15 is 0 Å². The number of aryl methyl sites for hydroxylation is 4. The first-order chi connectivity index (χ1) is 19.3. The average molecular weight is 552 g/mol. The lowest BCUT2D eigenvalue weighted by molar-refractivity contribution is 0.122. The minimum atomic E-state index is -0.0817. The number of anilines is 2. The van der Waals surface area contributed by atoms with Crippen LogP contribution in [0.5, 0.6) is 0 Å². The summed E-state index contributed by atoms with van der Waals surface area (Å²) in [7, 11) is 0. The SMILES string of the molecule is Cc1cc(C)c(-n2c(C)cc([C@@H]3[C@H](c4ccccn4)NC(=S)N3c3ccc(N4CCOCC4)cc3)c2C)c(C)c1. The Labute approximate surface area is 242 Å². The second-order valence-electron chi connectivity index (χ2n) is 11.0. The maximum Gasteiger partial charge on any atom is 0.174 e. The number of rotatable bonds is 5. The third-order valence-corrected chi connectivity index (χ3v) is 8.56. The molecular formula is C33H37N5OS. The fraction of sp³-hybridized carbons (Fsp3) is 0.333. The van der Waals surface area contributed by atoms with Gasteiger partial charge in [0, 0.05) is 42.0 Å². The zero-order valence-electron chi connectivity index (χ0n) is 23.9. The van der Waals surface area contributed by atoms with Crippen molar-refractivity contribution in [3.63, 3.8) is 0 Å². The zero-order valence-corrected chi connectivity index (χ0v) is 24.8. The predicted octanol–water partition coefficient (Wildman–Crippen LogP) is 6.43. The van der Waals surface area contributed by atoms with Gasteiger partial charge in [0.05, 0.1) is 36.7 Å². The van der Waals surface area contributed by atoms with E-state index in [-0.39, 0.29) is 12.1 Å². The lowest BCUT2D eigenvalue weighted by Gasteiger charge is -2.31. The highest BCUT2D eigenvalue weighted by molar-refractivity contribution is 7.80. The van der Waals surface area contributed by atoms with Crippen molar-refractivity contribution in [2.75, 3.05) is 36.1 Å². The number of thiocarbonyl (C=S) groups is 1. The van der Waals surface area contributed by atoms with Crippen molar-refractivity contribution in [2.24, 2.45) is 0 Å². The van der Waals surface area contributed by atoms with Crippen molar-refractivity contribution in [1.29, 1.82) is 0 Å². The molecule has 6 rings (SSSR count). The van der Waals surface area contributed by atoms with Crippen molar-refractivity contribution < 1.29 is 4.74 Å². The first kappa shape index (κ1) is 26.5. The monoisotopic (exact) mass is 551 g/mol. The molecule has 0 bridgehead atoms. The van der Waals surface area contributed by atoms with Crippen LogP contribution in [0.2, 0.25) is 0 Å². The van der Waals surface area contributed by atoms with Crippen LogP contribution in [0.4, 0.5) is 11.4 Å². The van der Waals surface area contributed by atoms with Crippen LogP contribution in [0.3, 0.4) is 0 Å². The summed E-state index contributed by atoms with van der Waals surface area (Å²) in [5, 5.41) is 4.34. The van der Waals surface area contributed by atoms with Crippen molar-refractivity contribution >= 4 is 28.7 Å². The molecule has 2 aromatic carbocycles. The number of ether oxygens (including phenoxy) is 1. The molecule has 4 heterocycles. The van der Waals surface area contributed by atoms with Gasteiger partial charge in [0.25, 0.3) is 0 Å². The first-order valence-electron chi connectivity index (χ1n) is 14.0. The number of pyridine rings is 1. The molecule has 2 aliphatic rings. The summed E-state index contributed by atoms with van der Waals surface area (Å²) in [4.78, 5) is 9.41.